The van der Waals surface area contributed by atoms with Crippen LogP contribution in [0.25, 0.3) is 0 Å². The number of benzene rings is 2. The van der Waals surface area contributed by atoms with E-state index in [2.05, 4.69) is 15.0 Å². The lowest BCUT2D eigenvalue weighted by Gasteiger charge is -2.14. The number of para-hydroxylation sites is 2. The first-order valence-corrected chi connectivity index (χ1v) is 6.49. The van der Waals surface area contributed by atoms with Crippen LogP contribution in [0.5, 0.6) is 5.75 Å². The minimum absolute atomic E-state index is 0.0326. The summed E-state index contributed by atoms with van der Waals surface area (Å²) < 4.78 is 53.6. The summed E-state index contributed by atoms with van der Waals surface area (Å²) >= 11 is 0. The van der Waals surface area contributed by atoms with Crippen molar-refractivity contribution in [1.29, 1.82) is 0 Å². The lowest BCUT2D eigenvalue weighted by Crippen LogP contribution is -2.24. The predicted molar refractivity (Wildman–Crippen MR) is 78.5 cm³/mol. The number of nitrogens with zero attached hydrogens (tertiary/aromatic N) is 1. The molecule has 2 aromatic carbocycles. The van der Waals surface area contributed by atoms with E-state index >= 15 is 0 Å². The average Bonchev–Trinajstić information content (AvgIpc) is 2.47. The van der Waals surface area contributed by atoms with Crippen LogP contribution < -0.4 is 15.8 Å². The Hall–Kier alpha value is -2.77. The molecule has 0 spiro atoms. The Morgan fingerprint density at radius 1 is 1.09 bits per heavy atom. The first-order chi connectivity index (χ1) is 10.8. The van der Waals surface area contributed by atoms with Crippen LogP contribution in [0.4, 0.5) is 23.2 Å². The molecule has 0 saturated heterocycles. The van der Waals surface area contributed by atoms with E-state index in [4.69, 9.17) is 5.73 Å². The summed E-state index contributed by atoms with van der Waals surface area (Å²) in [5.41, 5.74) is 6.38. The van der Waals surface area contributed by atoms with Crippen molar-refractivity contribution < 1.29 is 22.3 Å². The van der Waals surface area contributed by atoms with Crippen LogP contribution in [0.3, 0.4) is 0 Å². The lowest BCUT2D eigenvalue weighted by atomic mass is 10.2. The third-order valence-corrected chi connectivity index (χ3v) is 2.72. The molecule has 0 saturated carbocycles. The number of anilines is 1. The van der Waals surface area contributed by atoms with Crippen LogP contribution >= 0.6 is 0 Å². The molecule has 8 heteroatoms. The van der Waals surface area contributed by atoms with Gasteiger partial charge in [0.2, 0.25) is 0 Å². The van der Waals surface area contributed by atoms with Crippen LogP contribution in [0, 0.1) is 5.82 Å². The Labute approximate surface area is 129 Å². The molecule has 23 heavy (non-hydrogen) atoms. The topological polar surface area (TPSA) is 59.6 Å². The van der Waals surface area contributed by atoms with Gasteiger partial charge in [0.15, 0.2) is 11.7 Å². The monoisotopic (exact) mass is 327 g/mol. The second-order valence-corrected chi connectivity index (χ2v) is 4.50. The van der Waals surface area contributed by atoms with Crippen molar-refractivity contribution in [3.63, 3.8) is 0 Å². The molecule has 0 heterocycles. The number of aliphatic imine (C=N–C) groups is 1. The fourth-order valence-electron chi connectivity index (χ4n) is 1.73. The zero-order chi connectivity index (χ0) is 16.9. The van der Waals surface area contributed by atoms with Gasteiger partial charge in [0.05, 0.1) is 12.2 Å². The molecule has 0 fully saturated rings. The van der Waals surface area contributed by atoms with Crippen LogP contribution in [0.1, 0.15) is 5.56 Å². The smallest absolute Gasteiger partial charge is 0.404 e. The van der Waals surface area contributed by atoms with E-state index in [9.17, 15) is 17.6 Å². The molecule has 0 radical (unpaired) electrons. The summed E-state index contributed by atoms with van der Waals surface area (Å²) in [7, 11) is 0. The number of hydrogen-bond donors (Lipinski definition) is 2. The predicted octanol–water partition coefficient (Wildman–Crippen LogP) is 3.65. The van der Waals surface area contributed by atoms with Gasteiger partial charge >= 0.3 is 6.36 Å². The van der Waals surface area contributed by atoms with Gasteiger partial charge in [-0.3, -0.25) is 0 Å². The van der Waals surface area contributed by atoms with Crippen LogP contribution in [-0.4, -0.2) is 12.3 Å². The normalized spacial score (nSPS) is 12.1. The van der Waals surface area contributed by atoms with Gasteiger partial charge in [-0.2, -0.15) is 0 Å². The SMILES string of the molecule is NC(=NCc1ccc(F)cc1)Nc1ccccc1OC(F)(F)F. The fourth-order valence-corrected chi connectivity index (χ4v) is 1.73. The van der Waals surface area contributed by atoms with Crippen LogP contribution in [-0.2, 0) is 6.54 Å². The third-order valence-electron chi connectivity index (χ3n) is 2.72. The number of nitrogens with one attached hydrogen (secondary N) is 1. The summed E-state index contributed by atoms with van der Waals surface area (Å²) in [6, 6.07) is 11.1. The molecule has 3 N–H and O–H groups in total. The molecule has 0 aliphatic carbocycles. The molecule has 2 aromatic rings. The maximum atomic E-state index is 12.8. The molecule has 0 aromatic heterocycles. The van der Waals surface area contributed by atoms with Crippen LogP contribution in [0.2, 0.25) is 0 Å². The van der Waals surface area contributed by atoms with Crippen molar-refractivity contribution in [3.8, 4) is 5.75 Å². The number of rotatable bonds is 4. The van der Waals surface area contributed by atoms with Gasteiger partial charge in [-0.1, -0.05) is 24.3 Å². The van der Waals surface area contributed by atoms with Gasteiger partial charge in [-0.25, -0.2) is 9.38 Å². The molecule has 0 unspecified atom stereocenters. The third kappa shape index (κ3) is 5.50. The summed E-state index contributed by atoms with van der Waals surface area (Å²) in [5.74, 6) is -0.880. The van der Waals surface area contributed by atoms with Gasteiger partial charge in [0.25, 0.3) is 0 Å². The minimum atomic E-state index is -4.81. The van der Waals surface area contributed by atoms with Gasteiger partial charge in [0, 0.05) is 0 Å². The molecule has 122 valence electrons. The summed E-state index contributed by atoms with van der Waals surface area (Å²) in [4.78, 5) is 3.98. The maximum Gasteiger partial charge on any atom is 0.573 e. The van der Waals surface area contributed by atoms with E-state index in [0.29, 0.717) is 5.56 Å². The molecule has 0 aliphatic heterocycles. The fraction of sp³-hybridized carbons (Fsp3) is 0.133. The highest BCUT2D eigenvalue weighted by Gasteiger charge is 2.32. The van der Waals surface area contributed by atoms with E-state index in [1.807, 2.05) is 0 Å². The Kier molecular flexibility index (Phi) is 5.05. The lowest BCUT2D eigenvalue weighted by molar-refractivity contribution is -0.274. The van der Waals surface area contributed by atoms with E-state index in [-0.39, 0.29) is 24.0 Å². The van der Waals surface area contributed by atoms with Gasteiger partial charge in [-0.15, -0.1) is 13.2 Å². The van der Waals surface area contributed by atoms with Gasteiger partial charge < -0.3 is 15.8 Å². The molecule has 0 bridgehead atoms. The van der Waals surface area contributed by atoms with E-state index in [0.717, 1.165) is 6.07 Å². The van der Waals surface area contributed by atoms with Crippen molar-refractivity contribution in [1.82, 2.24) is 0 Å². The van der Waals surface area contributed by atoms with Gasteiger partial charge in [0.1, 0.15) is 5.82 Å². The Balaban J connectivity index is 2.06. The number of alkyl halides is 3. The second-order valence-electron chi connectivity index (χ2n) is 4.50. The quantitative estimate of drug-likeness (QED) is 0.512. The highest BCUT2D eigenvalue weighted by Crippen LogP contribution is 2.29. The first-order valence-electron chi connectivity index (χ1n) is 6.49. The number of ether oxygens (including phenoxy) is 1. The zero-order valence-corrected chi connectivity index (χ0v) is 11.8. The average molecular weight is 327 g/mol. The van der Waals surface area contributed by atoms with Crippen molar-refractivity contribution in [2.45, 2.75) is 12.9 Å². The van der Waals surface area contributed by atoms with Crippen LogP contribution in [0.15, 0.2) is 53.5 Å². The van der Waals surface area contributed by atoms with Crippen molar-refractivity contribution in [3.05, 3.63) is 59.9 Å². The van der Waals surface area contributed by atoms with Crippen molar-refractivity contribution in [2.24, 2.45) is 10.7 Å². The summed E-state index contributed by atoms with van der Waals surface area (Å²) in [6.07, 6.45) is -4.81. The number of nitrogens with two attached hydrogens (primary N) is 1. The molecular formula is C15H13F4N3O. The van der Waals surface area contributed by atoms with Gasteiger partial charge in [-0.05, 0) is 29.8 Å². The van der Waals surface area contributed by atoms with E-state index < -0.39 is 12.1 Å². The van der Waals surface area contributed by atoms with E-state index in [1.54, 1.807) is 0 Å². The Morgan fingerprint density at radius 3 is 2.39 bits per heavy atom. The van der Waals surface area contributed by atoms with Crippen molar-refractivity contribution in [2.75, 3.05) is 5.32 Å². The Bertz CT molecular complexity index is 684. The molecular weight excluding hydrogens is 314 g/mol. The number of hydrogen-bond acceptors (Lipinski definition) is 2. The molecule has 0 amide bonds. The number of guanidine groups is 1. The Morgan fingerprint density at radius 2 is 1.74 bits per heavy atom. The van der Waals surface area contributed by atoms with Crippen molar-refractivity contribution >= 4 is 11.6 Å². The molecule has 0 atom stereocenters. The first kappa shape index (κ1) is 16.6. The number of halogens is 4. The largest absolute Gasteiger partial charge is 0.573 e. The summed E-state index contributed by atoms with van der Waals surface area (Å²) in [6.45, 7) is 0.154. The molecule has 2 rings (SSSR count). The second kappa shape index (κ2) is 6.99. The molecule has 4 nitrogen and oxygen atoms in total. The molecule has 0 aliphatic rings. The zero-order valence-electron chi connectivity index (χ0n) is 11.8. The highest BCUT2D eigenvalue weighted by atomic mass is 19.4. The highest BCUT2D eigenvalue weighted by molar-refractivity contribution is 5.93. The minimum Gasteiger partial charge on any atom is -0.404 e. The summed E-state index contributed by atoms with van der Waals surface area (Å²) in [5, 5.41) is 2.54. The maximum absolute atomic E-state index is 12.8. The standard InChI is InChI=1S/C15H13F4N3O/c16-11-7-5-10(6-8-11)9-21-14(20)22-12-3-1-2-4-13(12)23-15(17,18)19/h1-8H,9H2,(H3,20,21,22). The van der Waals surface area contributed by atoms with E-state index in [1.165, 1.54) is 42.5 Å².